The molecule has 0 saturated heterocycles. The van der Waals surface area contributed by atoms with E-state index in [0.717, 1.165) is 12.1 Å². The number of aliphatic hydroxyl groups is 3. The molecule has 9 nitrogen and oxygen atoms in total. The molecular weight excluding hydrogens is 496 g/mol. The van der Waals surface area contributed by atoms with Crippen molar-refractivity contribution in [1.29, 1.82) is 0 Å². The highest BCUT2D eigenvalue weighted by molar-refractivity contribution is 7.97. The fourth-order valence-electron chi connectivity index (χ4n) is 6.13. The highest BCUT2D eigenvalue weighted by Gasteiger charge is 2.64. The van der Waals surface area contributed by atoms with Crippen LogP contribution in [0.15, 0.2) is 11.6 Å². The van der Waals surface area contributed by atoms with Crippen molar-refractivity contribution < 1.29 is 34.8 Å². The molecule has 4 rings (SSSR count). The maximum atomic E-state index is 13.7. The van der Waals surface area contributed by atoms with Gasteiger partial charge in [0.1, 0.15) is 17.4 Å². The Bertz CT molecular complexity index is 1190. The fourth-order valence-corrected chi connectivity index (χ4v) is 6.66. The number of carbonyl (C=O) groups excluding carboxylic acids is 3. The molecule has 1 aromatic carbocycles. The Balaban J connectivity index is 1.82. The third-order valence-corrected chi connectivity index (χ3v) is 8.43. The number of phenols is 1. The van der Waals surface area contributed by atoms with E-state index in [-0.39, 0.29) is 35.1 Å². The number of amides is 1. The summed E-state index contributed by atoms with van der Waals surface area (Å²) < 4.78 is 0. The molecule has 2 saturated carbocycles. The Kier molecular flexibility index (Phi) is 7.26. The van der Waals surface area contributed by atoms with Gasteiger partial charge in [-0.2, -0.15) is 11.8 Å². The molecule has 0 radical (unpaired) electrons. The molecule has 1 aromatic rings. The number of Topliss-reactive ketones (excluding diaryl/α,β-unsaturated/α-hetero) is 2. The lowest BCUT2D eigenvalue weighted by Gasteiger charge is -2.48. The van der Waals surface area contributed by atoms with Gasteiger partial charge in [0.25, 0.3) is 0 Å². The number of hydrogen-bond donors (Lipinski definition) is 6. The first-order chi connectivity index (χ1) is 17.2. The van der Waals surface area contributed by atoms with Crippen LogP contribution in [-0.4, -0.2) is 62.4 Å². The van der Waals surface area contributed by atoms with Crippen LogP contribution in [0.4, 0.5) is 0 Å². The quantitative estimate of drug-likeness (QED) is 0.298. The Hall–Kier alpha value is -2.40. The zero-order chi connectivity index (χ0) is 27.4. The zero-order valence-corrected chi connectivity index (χ0v) is 22.4. The highest BCUT2D eigenvalue weighted by Crippen LogP contribution is 2.52. The summed E-state index contributed by atoms with van der Waals surface area (Å²) in [7, 11) is 0. The molecular formula is C27H36N2O7S. The van der Waals surface area contributed by atoms with Gasteiger partial charge in [0.15, 0.2) is 11.4 Å². The van der Waals surface area contributed by atoms with Gasteiger partial charge in [-0.1, -0.05) is 20.8 Å². The molecule has 3 aliphatic carbocycles. The van der Waals surface area contributed by atoms with Gasteiger partial charge in [-0.05, 0) is 54.0 Å². The van der Waals surface area contributed by atoms with Crippen LogP contribution in [0.25, 0.3) is 5.76 Å². The Morgan fingerprint density at radius 2 is 1.89 bits per heavy atom. The lowest BCUT2D eigenvalue weighted by molar-refractivity contribution is -0.174. The van der Waals surface area contributed by atoms with Crippen LogP contribution in [0.3, 0.4) is 0 Å². The molecule has 37 heavy (non-hydrogen) atoms. The van der Waals surface area contributed by atoms with Crippen LogP contribution < -0.4 is 11.1 Å². The first-order valence-electron chi connectivity index (χ1n) is 12.5. The molecule has 1 amide bonds. The molecule has 10 heteroatoms. The van der Waals surface area contributed by atoms with Crippen molar-refractivity contribution in [2.24, 2.45) is 28.9 Å². The average Bonchev–Trinajstić information content (AvgIpc) is 2.78. The molecule has 0 aliphatic heterocycles. The SMILES string of the molecule is CSCc1cc(CNCC(C)(C)C)c2c(c1O)C(O)=C1C(=O)C3(O)C(=O)C(C(N)=O)C(O)CC3CC1C2. The van der Waals surface area contributed by atoms with Gasteiger partial charge >= 0.3 is 0 Å². The van der Waals surface area contributed by atoms with Crippen molar-refractivity contribution in [3.8, 4) is 5.75 Å². The minimum Gasteiger partial charge on any atom is -0.507 e. The second-order valence-electron chi connectivity index (χ2n) is 11.7. The van der Waals surface area contributed by atoms with Gasteiger partial charge in [-0.25, -0.2) is 0 Å². The number of hydrogen-bond acceptors (Lipinski definition) is 9. The van der Waals surface area contributed by atoms with Crippen molar-refractivity contribution >= 4 is 35.0 Å². The Morgan fingerprint density at radius 1 is 1.22 bits per heavy atom. The summed E-state index contributed by atoms with van der Waals surface area (Å²) in [6.07, 6.45) is 0.821. The Labute approximate surface area is 220 Å². The molecule has 2 fully saturated rings. The number of fused-ring (bicyclic) bond motifs is 3. The second-order valence-corrected chi connectivity index (χ2v) is 12.6. The maximum Gasteiger partial charge on any atom is 0.230 e. The lowest BCUT2D eigenvalue weighted by Crippen LogP contribution is -2.66. The number of nitrogens with two attached hydrogens (primary N) is 1. The molecule has 0 spiro atoms. The number of primary amides is 1. The number of ketones is 2. The van der Waals surface area contributed by atoms with Gasteiger partial charge in [0.05, 0.1) is 11.7 Å². The van der Waals surface area contributed by atoms with Crippen molar-refractivity contribution in [1.82, 2.24) is 5.32 Å². The van der Waals surface area contributed by atoms with Crippen LogP contribution in [-0.2, 0) is 33.1 Å². The van der Waals surface area contributed by atoms with Crippen LogP contribution in [0, 0.1) is 23.2 Å². The normalized spacial score (nSPS) is 29.6. The third-order valence-electron chi connectivity index (χ3n) is 7.83. The van der Waals surface area contributed by atoms with Crippen LogP contribution >= 0.6 is 11.8 Å². The first kappa shape index (κ1) is 27.6. The summed E-state index contributed by atoms with van der Waals surface area (Å²) >= 11 is 1.50. The van der Waals surface area contributed by atoms with E-state index in [9.17, 15) is 34.8 Å². The monoisotopic (exact) mass is 532 g/mol. The van der Waals surface area contributed by atoms with Gasteiger partial charge in [-0.15, -0.1) is 0 Å². The largest absolute Gasteiger partial charge is 0.507 e. The van der Waals surface area contributed by atoms with E-state index < -0.39 is 52.7 Å². The number of rotatable bonds is 6. The summed E-state index contributed by atoms with van der Waals surface area (Å²) in [5.74, 6) is -6.48. The fraction of sp³-hybridized carbons (Fsp3) is 0.593. The van der Waals surface area contributed by atoms with E-state index in [1.54, 1.807) is 0 Å². The molecule has 7 N–H and O–H groups in total. The number of nitrogens with one attached hydrogen (secondary N) is 1. The summed E-state index contributed by atoms with van der Waals surface area (Å²) in [6.45, 7) is 7.58. The number of thioether (sulfide) groups is 1. The van der Waals surface area contributed by atoms with E-state index in [4.69, 9.17) is 5.73 Å². The molecule has 0 aromatic heterocycles. The van der Waals surface area contributed by atoms with Crippen molar-refractivity contribution in [2.75, 3.05) is 12.8 Å². The van der Waals surface area contributed by atoms with E-state index in [1.807, 2.05) is 12.3 Å². The minimum atomic E-state index is -2.57. The molecule has 0 heterocycles. The number of carbonyl (C=O) groups is 3. The van der Waals surface area contributed by atoms with E-state index in [2.05, 4.69) is 26.1 Å². The van der Waals surface area contributed by atoms with Crippen molar-refractivity contribution in [3.05, 3.63) is 33.9 Å². The highest BCUT2D eigenvalue weighted by atomic mass is 32.2. The number of phenolic OH excluding ortho intramolecular Hbond substituents is 1. The third kappa shape index (κ3) is 4.58. The maximum absolute atomic E-state index is 13.7. The van der Waals surface area contributed by atoms with Gasteiger partial charge in [0.2, 0.25) is 11.7 Å². The lowest BCUT2D eigenvalue weighted by atomic mass is 9.56. The number of aliphatic hydroxyl groups excluding tert-OH is 2. The van der Waals surface area contributed by atoms with Crippen molar-refractivity contribution in [2.45, 2.75) is 64.0 Å². The molecule has 3 aliphatic rings. The number of benzene rings is 1. The van der Waals surface area contributed by atoms with Crippen LogP contribution in [0.5, 0.6) is 5.75 Å². The van der Waals surface area contributed by atoms with E-state index in [0.29, 0.717) is 29.8 Å². The van der Waals surface area contributed by atoms with Crippen molar-refractivity contribution in [3.63, 3.8) is 0 Å². The zero-order valence-electron chi connectivity index (χ0n) is 21.6. The summed E-state index contributed by atoms with van der Waals surface area (Å²) in [5.41, 5.74) is 5.02. The number of aromatic hydroxyl groups is 1. The predicted octanol–water partition coefficient (Wildman–Crippen LogP) is 1.59. The summed E-state index contributed by atoms with van der Waals surface area (Å²) in [6, 6.07) is 1.92. The van der Waals surface area contributed by atoms with E-state index in [1.165, 1.54) is 11.8 Å². The van der Waals surface area contributed by atoms with Gasteiger partial charge in [0, 0.05) is 35.9 Å². The van der Waals surface area contributed by atoms with Gasteiger partial charge in [-0.3, -0.25) is 14.4 Å². The summed E-state index contributed by atoms with van der Waals surface area (Å²) in [4.78, 5) is 38.7. The van der Waals surface area contributed by atoms with Gasteiger partial charge < -0.3 is 31.5 Å². The minimum absolute atomic E-state index is 0.0473. The molecule has 202 valence electrons. The summed E-state index contributed by atoms with van der Waals surface area (Å²) in [5, 5.41) is 47.8. The molecule has 5 unspecified atom stereocenters. The smallest absolute Gasteiger partial charge is 0.230 e. The second kappa shape index (κ2) is 9.72. The molecule has 0 bridgehead atoms. The standard InChI is InChI=1S/C27H36N2O7S/c1-26(2,3)11-29-9-13-5-14(10-37-4)21(31)19-16(13)7-12-6-15-8-17(30)20(25(28)35)24(34)27(15,36)23(33)18(12)22(19)32/h5,12,15,17,20,29-32,36H,6-11H2,1-4H3,(H2,28,35). The first-order valence-corrected chi connectivity index (χ1v) is 13.9. The van der Waals surface area contributed by atoms with E-state index >= 15 is 0 Å². The molecule has 5 atom stereocenters. The topological polar surface area (TPSA) is 170 Å². The van der Waals surface area contributed by atoms with Crippen LogP contribution in [0.1, 0.15) is 55.9 Å². The predicted molar refractivity (Wildman–Crippen MR) is 140 cm³/mol. The van der Waals surface area contributed by atoms with Crippen LogP contribution in [0.2, 0.25) is 0 Å². The Morgan fingerprint density at radius 3 is 2.49 bits per heavy atom. The average molecular weight is 533 g/mol.